The Balaban J connectivity index is 1.82. The zero-order valence-electron chi connectivity index (χ0n) is 15.9. The molecule has 0 aliphatic carbocycles. The van der Waals surface area contributed by atoms with Gasteiger partial charge in [0.25, 0.3) is 11.6 Å². The molecule has 0 spiro atoms. The van der Waals surface area contributed by atoms with Gasteiger partial charge in [-0.2, -0.15) is 0 Å². The lowest BCUT2D eigenvalue weighted by molar-refractivity contribution is -0.384. The number of hydrogen-bond acceptors (Lipinski definition) is 3. The number of halogens is 1. The number of fused-ring (bicyclic) bond motifs is 1. The Morgan fingerprint density at radius 2 is 1.60 bits per heavy atom. The standard InChI is InChI=1S/C24H17ClN2O3/c25-20-13-11-17(12-14-20)16-26(23-10-4-6-18-5-1-2-9-22(18)23)24(28)19-7-3-8-21(15-19)27(29)30/h1-15H,16H2. The van der Waals surface area contributed by atoms with Gasteiger partial charge in [0.15, 0.2) is 0 Å². The molecule has 0 radical (unpaired) electrons. The van der Waals surface area contributed by atoms with Crippen molar-refractivity contribution in [1.82, 2.24) is 0 Å². The molecular weight excluding hydrogens is 400 g/mol. The fourth-order valence-corrected chi connectivity index (χ4v) is 3.52. The smallest absolute Gasteiger partial charge is 0.270 e. The van der Waals surface area contributed by atoms with Gasteiger partial charge in [-0.1, -0.05) is 66.2 Å². The first-order valence-electron chi connectivity index (χ1n) is 9.31. The Morgan fingerprint density at radius 3 is 2.37 bits per heavy atom. The number of amides is 1. The average molecular weight is 417 g/mol. The van der Waals surface area contributed by atoms with E-state index in [1.54, 1.807) is 23.1 Å². The highest BCUT2D eigenvalue weighted by Crippen LogP contribution is 2.30. The molecule has 4 rings (SSSR count). The number of non-ortho nitro benzene ring substituents is 1. The maximum atomic E-state index is 13.5. The predicted octanol–water partition coefficient (Wildman–Crippen LogP) is 6.25. The number of benzene rings is 4. The molecule has 4 aromatic carbocycles. The van der Waals surface area contributed by atoms with E-state index >= 15 is 0 Å². The molecule has 0 aromatic heterocycles. The number of nitrogens with zero attached hydrogens (tertiary/aromatic N) is 2. The summed E-state index contributed by atoms with van der Waals surface area (Å²) in [6.45, 7) is 0.298. The van der Waals surface area contributed by atoms with Crippen LogP contribution in [0.2, 0.25) is 5.02 Å². The van der Waals surface area contributed by atoms with E-state index in [1.807, 2.05) is 54.6 Å². The van der Waals surface area contributed by atoms with Crippen LogP contribution in [0, 0.1) is 10.1 Å². The normalized spacial score (nSPS) is 10.7. The second-order valence-electron chi connectivity index (χ2n) is 6.82. The van der Waals surface area contributed by atoms with Crippen LogP contribution in [0.4, 0.5) is 11.4 Å². The molecule has 0 aliphatic heterocycles. The Bertz CT molecular complexity index is 1230. The molecule has 0 bridgehead atoms. The molecule has 30 heavy (non-hydrogen) atoms. The number of nitro benzene ring substituents is 1. The van der Waals surface area contributed by atoms with Crippen molar-refractivity contribution >= 4 is 39.7 Å². The number of carbonyl (C=O) groups excluding carboxylic acids is 1. The van der Waals surface area contributed by atoms with E-state index in [9.17, 15) is 14.9 Å². The minimum Gasteiger partial charge on any atom is -0.303 e. The highest BCUT2D eigenvalue weighted by molar-refractivity contribution is 6.30. The molecule has 1 amide bonds. The van der Waals surface area contributed by atoms with Crippen LogP contribution in [-0.2, 0) is 6.54 Å². The third-order valence-electron chi connectivity index (χ3n) is 4.86. The summed E-state index contributed by atoms with van der Waals surface area (Å²) in [6, 6.07) is 26.6. The molecule has 0 heterocycles. The van der Waals surface area contributed by atoms with Gasteiger partial charge in [0.05, 0.1) is 17.2 Å². The fourth-order valence-electron chi connectivity index (χ4n) is 3.39. The van der Waals surface area contributed by atoms with Gasteiger partial charge in [-0.15, -0.1) is 0 Å². The van der Waals surface area contributed by atoms with Gasteiger partial charge < -0.3 is 4.90 Å². The van der Waals surface area contributed by atoms with Crippen molar-refractivity contribution in [3.05, 3.63) is 117 Å². The Kier molecular flexibility index (Phi) is 5.46. The monoisotopic (exact) mass is 416 g/mol. The maximum Gasteiger partial charge on any atom is 0.270 e. The van der Waals surface area contributed by atoms with Gasteiger partial charge in [0.1, 0.15) is 0 Å². The van der Waals surface area contributed by atoms with Gasteiger partial charge >= 0.3 is 0 Å². The van der Waals surface area contributed by atoms with E-state index in [0.29, 0.717) is 11.6 Å². The first kappa shape index (κ1) is 19.6. The molecule has 4 aromatic rings. The van der Waals surface area contributed by atoms with E-state index in [0.717, 1.165) is 22.0 Å². The molecule has 6 heteroatoms. The van der Waals surface area contributed by atoms with Crippen molar-refractivity contribution in [2.24, 2.45) is 0 Å². The van der Waals surface area contributed by atoms with E-state index in [1.165, 1.54) is 18.2 Å². The Hall–Kier alpha value is -3.70. The molecule has 148 valence electrons. The van der Waals surface area contributed by atoms with Crippen molar-refractivity contribution < 1.29 is 9.72 Å². The van der Waals surface area contributed by atoms with E-state index < -0.39 is 4.92 Å². The van der Waals surface area contributed by atoms with Gasteiger partial charge in [0, 0.05) is 28.1 Å². The number of rotatable bonds is 5. The van der Waals surface area contributed by atoms with E-state index in [4.69, 9.17) is 11.6 Å². The summed E-state index contributed by atoms with van der Waals surface area (Å²) in [5.74, 6) is -0.315. The van der Waals surface area contributed by atoms with Crippen LogP contribution in [0.15, 0.2) is 91.0 Å². The van der Waals surface area contributed by atoms with Gasteiger partial charge in [-0.05, 0) is 35.2 Å². The van der Waals surface area contributed by atoms with Gasteiger partial charge in [-0.25, -0.2) is 0 Å². The van der Waals surface area contributed by atoms with Crippen molar-refractivity contribution in [3.63, 3.8) is 0 Å². The summed E-state index contributed by atoms with van der Waals surface area (Å²) in [5.41, 5.74) is 1.77. The molecule has 0 unspecified atom stereocenters. The SMILES string of the molecule is O=C(c1cccc([N+](=O)[O-])c1)N(Cc1ccc(Cl)cc1)c1cccc2ccccc12. The lowest BCUT2D eigenvalue weighted by Crippen LogP contribution is -2.30. The second kappa shape index (κ2) is 8.35. The van der Waals surface area contributed by atoms with E-state index in [2.05, 4.69) is 0 Å². The molecule has 0 saturated heterocycles. The van der Waals surface area contributed by atoms with Crippen LogP contribution in [-0.4, -0.2) is 10.8 Å². The Labute approximate surface area is 178 Å². The largest absolute Gasteiger partial charge is 0.303 e. The zero-order valence-corrected chi connectivity index (χ0v) is 16.6. The second-order valence-corrected chi connectivity index (χ2v) is 7.26. The fraction of sp³-hybridized carbons (Fsp3) is 0.0417. The van der Waals surface area contributed by atoms with Gasteiger partial charge in [0.2, 0.25) is 0 Å². The highest BCUT2D eigenvalue weighted by Gasteiger charge is 2.22. The first-order valence-corrected chi connectivity index (χ1v) is 9.69. The minimum atomic E-state index is -0.502. The molecule has 0 fully saturated rings. The van der Waals surface area contributed by atoms with Crippen LogP contribution < -0.4 is 4.90 Å². The third-order valence-corrected chi connectivity index (χ3v) is 5.11. The van der Waals surface area contributed by atoms with Crippen LogP contribution in [0.1, 0.15) is 15.9 Å². The van der Waals surface area contributed by atoms with Crippen LogP contribution in [0.25, 0.3) is 10.8 Å². The predicted molar refractivity (Wildman–Crippen MR) is 119 cm³/mol. The van der Waals surface area contributed by atoms with Crippen LogP contribution >= 0.6 is 11.6 Å². The molecule has 0 atom stereocenters. The molecule has 0 N–H and O–H groups in total. The quantitative estimate of drug-likeness (QED) is 0.285. The Morgan fingerprint density at radius 1 is 0.900 bits per heavy atom. The van der Waals surface area contributed by atoms with Crippen molar-refractivity contribution in [2.45, 2.75) is 6.54 Å². The van der Waals surface area contributed by atoms with Crippen LogP contribution in [0.3, 0.4) is 0 Å². The summed E-state index contributed by atoms with van der Waals surface area (Å²) in [4.78, 5) is 25.8. The zero-order chi connectivity index (χ0) is 21.1. The van der Waals surface area contributed by atoms with Crippen LogP contribution in [0.5, 0.6) is 0 Å². The molecule has 5 nitrogen and oxygen atoms in total. The number of hydrogen-bond donors (Lipinski definition) is 0. The maximum absolute atomic E-state index is 13.5. The summed E-state index contributed by atoms with van der Waals surface area (Å²) in [7, 11) is 0. The third kappa shape index (κ3) is 4.02. The summed E-state index contributed by atoms with van der Waals surface area (Å²) in [5, 5.41) is 13.7. The lowest BCUT2D eigenvalue weighted by atomic mass is 10.1. The lowest BCUT2D eigenvalue weighted by Gasteiger charge is -2.25. The molecule has 0 saturated carbocycles. The number of nitro groups is 1. The minimum absolute atomic E-state index is 0.120. The molecular formula is C24H17ClN2O3. The van der Waals surface area contributed by atoms with Gasteiger partial charge in [-0.3, -0.25) is 14.9 Å². The highest BCUT2D eigenvalue weighted by atomic mass is 35.5. The summed E-state index contributed by atoms with van der Waals surface area (Å²) >= 11 is 6.00. The van der Waals surface area contributed by atoms with Crippen molar-refractivity contribution in [3.8, 4) is 0 Å². The van der Waals surface area contributed by atoms with Crippen molar-refractivity contribution in [1.29, 1.82) is 0 Å². The summed E-state index contributed by atoms with van der Waals surface area (Å²) in [6.07, 6.45) is 0. The first-order chi connectivity index (χ1) is 14.5. The van der Waals surface area contributed by atoms with Crippen molar-refractivity contribution in [2.75, 3.05) is 4.90 Å². The topological polar surface area (TPSA) is 63.4 Å². The molecule has 0 aliphatic rings. The number of anilines is 1. The summed E-state index contributed by atoms with van der Waals surface area (Å²) < 4.78 is 0. The average Bonchev–Trinajstić information content (AvgIpc) is 2.78. The number of carbonyl (C=O) groups is 1. The van der Waals surface area contributed by atoms with E-state index in [-0.39, 0.29) is 17.2 Å².